The minimum absolute atomic E-state index is 0.112. The van der Waals surface area contributed by atoms with E-state index in [1.165, 1.54) is 12.1 Å². The van der Waals surface area contributed by atoms with Crippen molar-refractivity contribution in [2.24, 2.45) is 5.73 Å². The monoisotopic (exact) mass is 511 g/mol. The van der Waals surface area contributed by atoms with Crippen LogP contribution in [-0.4, -0.2) is 75.0 Å². The fraction of sp³-hybridized carbons (Fsp3) is 0.481. The summed E-state index contributed by atoms with van der Waals surface area (Å²) in [7, 11) is 0. The molecule has 1 aromatic heterocycles. The molecule has 3 heterocycles. The number of aromatic nitrogens is 2. The summed E-state index contributed by atoms with van der Waals surface area (Å²) in [5.74, 6) is 0.564. The van der Waals surface area contributed by atoms with Crippen LogP contribution in [0.15, 0.2) is 36.4 Å². The van der Waals surface area contributed by atoms with Crippen molar-refractivity contribution < 1.29 is 14.3 Å². The zero-order chi connectivity index (χ0) is 25.1. The molecule has 7 nitrogen and oxygen atoms in total. The zero-order valence-corrected chi connectivity index (χ0v) is 21.3. The number of likely N-dealkylation sites (tertiary alicyclic amines) is 1. The quantitative estimate of drug-likeness (QED) is 0.311. The number of aromatic amines is 1. The van der Waals surface area contributed by atoms with E-state index in [-0.39, 0.29) is 11.9 Å². The number of nitrogens with one attached hydrogen (secondary N) is 1. The normalized spacial score (nSPS) is 18.7. The largest absolute Gasteiger partial charge is 0.393 e. The molecule has 9 heteroatoms. The van der Waals surface area contributed by atoms with Gasteiger partial charge in [0.2, 0.25) is 0 Å². The number of nitrogens with zero attached hydrogens (tertiary/aromatic N) is 3. The van der Waals surface area contributed by atoms with Gasteiger partial charge < -0.3 is 15.7 Å². The fourth-order valence-corrected chi connectivity index (χ4v) is 6.35. The number of H-pyrrole nitrogens is 1. The highest BCUT2D eigenvalue weighted by atomic mass is 32.2. The molecule has 36 heavy (non-hydrogen) atoms. The predicted octanol–water partition coefficient (Wildman–Crippen LogP) is 4.14. The fourth-order valence-electron chi connectivity index (χ4n) is 5.37. The number of aliphatic hydroxyl groups excluding tert-OH is 1. The smallest absolute Gasteiger partial charge is 0.251 e. The van der Waals surface area contributed by atoms with Crippen LogP contribution in [0.5, 0.6) is 0 Å². The van der Waals surface area contributed by atoms with E-state index < -0.39 is 5.91 Å². The Hall–Kier alpha value is -2.46. The first-order valence-electron chi connectivity index (χ1n) is 12.8. The summed E-state index contributed by atoms with van der Waals surface area (Å²) >= 11 is 1.93. The van der Waals surface area contributed by atoms with Gasteiger partial charge in [0.05, 0.1) is 11.7 Å². The van der Waals surface area contributed by atoms with Gasteiger partial charge in [-0.3, -0.25) is 14.2 Å². The zero-order valence-electron chi connectivity index (χ0n) is 20.5. The van der Waals surface area contributed by atoms with Gasteiger partial charge in [-0.25, -0.2) is 4.39 Å². The molecule has 2 aliphatic heterocycles. The number of carbonyl (C=O) groups is 1. The summed E-state index contributed by atoms with van der Waals surface area (Å²) in [6.45, 7) is 5.11. The Morgan fingerprint density at radius 2 is 1.89 bits per heavy atom. The van der Waals surface area contributed by atoms with E-state index in [1.807, 2.05) is 24.1 Å². The van der Waals surface area contributed by atoms with Crippen LogP contribution in [0.3, 0.4) is 0 Å². The second-order valence-electron chi connectivity index (χ2n) is 9.89. The van der Waals surface area contributed by atoms with Gasteiger partial charge in [-0.1, -0.05) is 24.1 Å². The highest BCUT2D eigenvalue weighted by Gasteiger charge is 2.26. The van der Waals surface area contributed by atoms with Crippen molar-refractivity contribution in [2.75, 3.05) is 38.5 Å². The molecule has 5 rings (SSSR count). The third kappa shape index (κ3) is 5.75. The number of carbonyl (C=O) groups excluding carboxylic acids is 1. The van der Waals surface area contributed by atoms with Crippen molar-refractivity contribution in [3.63, 3.8) is 0 Å². The molecule has 2 aliphatic rings. The number of piperidine rings is 2. The summed E-state index contributed by atoms with van der Waals surface area (Å²) in [4.78, 5) is 14.7. The summed E-state index contributed by atoms with van der Waals surface area (Å²) in [5, 5.41) is 18.2. The number of benzene rings is 2. The van der Waals surface area contributed by atoms with Gasteiger partial charge in [-0.2, -0.15) is 5.10 Å². The second-order valence-corrected chi connectivity index (χ2v) is 11.1. The first-order chi connectivity index (χ1) is 17.5. The maximum atomic E-state index is 13.9. The Bertz CT molecular complexity index is 1200. The van der Waals surface area contributed by atoms with E-state index in [4.69, 9.17) is 5.73 Å². The lowest BCUT2D eigenvalue weighted by molar-refractivity contribution is 0.0828. The molecule has 0 radical (unpaired) electrons. The molecule has 0 unspecified atom stereocenters. The van der Waals surface area contributed by atoms with Crippen LogP contribution >= 0.6 is 11.9 Å². The Morgan fingerprint density at radius 1 is 1.11 bits per heavy atom. The number of fused-ring (bicyclic) bond motifs is 1. The number of halogens is 1. The third-order valence-corrected chi connectivity index (χ3v) is 8.63. The van der Waals surface area contributed by atoms with Crippen molar-refractivity contribution in [1.82, 2.24) is 19.4 Å². The minimum Gasteiger partial charge on any atom is -0.393 e. The standard InChI is InChI=1S/C27H34FN5O2S/c28-21-4-1-3-19(15-21)20-16-23-25(30-31-26(23)24(17-20)27(29)35)18-5-12-33(13-6-18)36-14-2-9-32-10-7-22(34)8-11-32/h1,3-4,15-18,22,34H,2,5-14H2,(H2,29,35)(H,30,31). The maximum absolute atomic E-state index is 13.9. The summed E-state index contributed by atoms with van der Waals surface area (Å²) in [6.07, 6.45) is 4.85. The van der Waals surface area contributed by atoms with Crippen LogP contribution in [0.1, 0.15) is 54.1 Å². The molecule has 2 fully saturated rings. The molecule has 0 atom stereocenters. The van der Waals surface area contributed by atoms with Crippen molar-refractivity contribution in [3.05, 3.63) is 53.5 Å². The highest BCUT2D eigenvalue weighted by molar-refractivity contribution is 7.97. The van der Waals surface area contributed by atoms with E-state index in [0.717, 1.165) is 87.2 Å². The number of aliphatic hydroxyl groups is 1. The van der Waals surface area contributed by atoms with Crippen LogP contribution in [-0.2, 0) is 0 Å². The topological polar surface area (TPSA) is 98.5 Å². The van der Waals surface area contributed by atoms with E-state index >= 15 is 0 Å². The Kier molecular flexibility index (Phi) is 7.90. The van der Waals surface area contributed by atoms with E-state index in [0.29, 0.717) is 22.6 Å². The lowest BCUT2D eigenvalue weighted by atomic mass is 9.90. The van der Waals surface area contributed by atoms with Gasteiger partial charge in [-0.05, 0) is 74.0 Å². The van der Waals surface area contributed by atoms with Gasteiger partial charge >= 0.3 is 0 Å². The lowest BCUT2D eigenvalue weighted by Gasteiger charge is -2.31. The second kappa shape index (κ2) is 11.3. The molecule has 2 aromatic carbocycles. The van der Waals surface area contributed by atoms with Crippen molar-refractivity contribution in [1.29, 1.82) is 0 Å². The van der Waals surface area contributed by atoms with Crippen LogP contribution < -0.4 is 5.73 Å². The van der Waals surface area contributed by atoms with Gasteiger partial charge in [-0.15, -0.1) is 0 Å². The van der Waals surface area contributed by atoms with Gasteiger partial charge in [0.15, 0.2) is 0 Å². The van der Waals surface area contributed by atoms with Crippen LogP contribution in [0.2, 0.25) is 0 Å². The Morgan fingerprint density at radius 3 is 2.61 bits per heavy atom. The summed E-state index contributed by atoms with van der Waals surface area (Å²) < 4.78 is 16.3. The molecule has 0 spiro atoms. The number of amides is 1. The number of hydrogen-bond acceptors (Lipinski definition) is 6. The van der Waals surface area contributed by atoms with E-state index in [1.54, 1.807) is 12.1 Å². The van der Waals surface area contributed by atoms with Crippen molar-refractivity contribution in [3.8, 4) is 11.1 Å². The molecule has 4 N–H and O–H groups in total. The molecule has 0 saturated carbocycles. The molecule has 1 amide bonds. The SMILES string of the molecule is NC(=O)c1cc(-c2cccc(F)c2)cc2c(C3CCN(SCCCN4CCC(O)CC4)CC3)[nH]nc12. The van der Waals surface area contributed by atoms with Crippen molar-refractivity contribution in [2.45, 2.75) is 44.1 Å². The van der Waals surface area contributed by atoms with Gasteiger partial charge in [0, 0.05) is 48.9 Å². The van der Waals surface area contributed by atoms with Gasteiger partial charge in [0.1, 0.15) is 11.3 Å². The third-order valence-electron chi connectivity index (χ3n) is 7.42. The van der Waals surface area contributed by atoms with Gasteiger partial charge in [0.25, 0.3) is 5.91 Å². The molecular formula is C27H34FN5O2S. The molecule has 2 saturated heterocycles. The molecular weight excluding hydrogens is 477 g/mol. The Labute approximate surface area is 215 Å². The molecule has 192 valence electrons. The van der Waals surface area contributed by atoms with E-state index in [2.05, 4.69) is 19.4 Å². The van der Waals surface area contributed by atoms with Crippen molar-refractivity contribution >= 4 is 28.8 Å². The highest BCUT2D eigenvalue weighted by Crippen LogP contribution is 2.36. The maximum Gasteiger partial charge on any atom is 0.251 e. The minimum atomic E-state index is -0.539. The summed E-state index contributed by atoms with van der Waals surface area (Å²) in [5.41, 5.74) is 9.12. The predicted molar refractivity (Wildman–Crippen MR) is 142 cm³/mol. The number of nitrogens with two attached hydrogens (primary N) is 1. The van der Waals surface area contributed by atoms with Crippen LogP contribution in [0.25, 0.3) is 22.0 Å². The average Bonchev–Trinajstić information content (AvgIpc) is 3.31. The molecule has 0 aliphatic carbocycles. The van der Waals surface area contributed by atoms with Crippen LogP contribution in [0, 0.1) is 5.82 Å². The first-order valence-corrected chi connectivity index (χ1v) is 13.8. The average molecular weight is 512 g/mol. The summed E-state index contributed by atoms with van der Waals surface area (Å²) in [6, 6.07) is 10.1. The van der Waals surface area contributed by atoms with E-state index in [9.17, 15) is 14.3 Å². The number of hydrogen-bond donors (Lipinski definition) is 3. The molecule has 0 bridgehead atoms. The first kappa shape index (κ1) is 25.2. The number of rotatable bonds is 8. The number of primary amides is 1. The molecule has 3 aromatic rings. The Balaban J connectivity index is 1.22. The lowest BCUT2D eigenvalue weighted by Crippen LogP contribution is -2.36. The van der Waals surface area contributed by atoms with Crippen LogP contribution in [0.4, 0.5) is 4.39 Å².